The smallest absolute Gasteiger partial charge is 0.0794 e. The molecule has 20 heavy (non-hydrogen) atoms. The van der Waals surface area contributed by atoms with Gasteiger partial charge in [0.2, 0.25) is 0 Å². The summed E-state index contributed by atoms with van der Waals surface area (Å²) in [7, 11) is 0. The molecule has 5 fully saturated rings. The SMILES string of the molecule is C[C@@]12CCC[C@H]1[C@@H]1CCC3CCCC[C@@]34CO[C@]14CC2. The minimum absolute atomic E-state index is 0.352. The topological polar surface area (TPSA) is 9.23 Å². The van der Waals surface area contributed by atoms with Crippen LogP contribution in [0.1, 0.15) is 77.6 Å². The molecule has 0 aromatic rings. The fraction of sp³-hybridized carbons (Fsp3) is 1.00. The fourth-order valence-electron chi connectivity index (χ4n) is 7.77. The molecule has 6 atom stereocenters. The molecule has 0 aromatic heterocycles. The molecule has 1 aliphatic heterocycles. The Morgan fingerprint density at radius 3 is 2.60 bits per heavy atom. The van der Waals surface area contributed by atoms with Gasteiger partial charge in [-0.15, -0.1) is 0 Å². The van der Waals surface area contributed by atoms with Crippen LogP contribution in [0.25, 0.3) is 0 Å². The lowest BCUT2D eigenvalue weighted by atomic mass is 9.40. The van der Waals surface area contributed by atoms with E-state index in [0.29, 0.717) is 16.4 Å². The van der Waals surface area contributed by atoms with Crippen LogP contribution in [0.5, 0.6) is 0 Å². The molecule has 1 nitrogen and oxygen atoms in total. The van der Waals surface area contributed by atoms with Gasteiger partial charge in [0, 0.05) is 5.41 Å². The van der Waals surface area contributed by atoms with Crippen molar-refractivity contribution >= 4 is 0 Å². The van der Waals surface area contributed by atoms with Crippen molar-refractivity contribution in [2.24, 2.45) is 28.6 Å². The van der Waals surface area contributed by atoms with E-state index in [1.54, 1.807) is 0 Å². The van der Waals surface area contributed by atoms with Crippen molar-refractivity contribution in [3.05, 3.63) is 0 Å². The highest BCUT2D eigenvalue weighted by molar-refractivity contribution is 5.21. The van der Waals surface area contributed by atoms with Gasteiger partial charge < -0.3 is 4.74 Å². The average Bonchev–Trinajstić information content (AvgIpc) is 2.84. The van der Waals surface area contributed by atoms with Crippen LogP contribution in [0.15, 0.2) is 0 Å². The molecule has 0 aromatic carbocycles. The molecule has 0 bridgehead atoms. The number of hydrogen-bond acceptors (Lipinski definition) is 1. The summed E-state index contributed by atoms with van der Waals surface area (Å²) >= 11 is 0. The molecular weight excluding hydrogens is 244 g/mol. The van der Waals surface area contributed by atoms with Crippen LogP contribution in [0.2, 0.25) is 0 Å². The minimum Gasteiger partial charge on any atom is -0.373 e. The van der Waals surface area contributed by atoms with Crippen molar-refractivity contribution in [2.45, 2.75) is 83.2 Å². The molecule has 5 aliphatic rings. The first-order chi connectivity index (χ1) is 9.70. The van der Waals surface area contributed by atoms with Crippen molar-refractivity contribution in [3.63, 3.8) is 0 Å². The highest BCUT2D eigenvalue weighted by Gasteiger charge is 2.72. The highest BCUT2D eigenvalue weighted by Crippen LogP contribution is 2.72. The summed E-state index contributed by atoms with van der Waals surface area (Å²) in [5, 5.41) is 0. The molecule has 0 amide bonds. The molecule has 112 valence electrons. The molecule has 2 spiro atoms. The van der Waals surface area contributed by atoms with Gasteiger partial charge in [0.1, 0.15) is 0 Å². The first-order valence-electron chi connectivity index (χ1n) is 9.34. The van der Waals surface area contributed by atoms with Gasteiger partial charge in [-0.05, 0) is 74.5 Å². The largest absolute Gasteiger partial charge is 0.373 e. The zero-order valence-electron chi connectivity index (χ0n) is 13.1. The Labute approximate surface area is 123 Å². The highest BCUT2D eigenvalue weighted by atomic mass is 16.5. The second-order valence-electron chi connectivity index (χ2n) is 9.11. The van der Waals surface area contributed by atoms with Crippen LogP contribution in [-0.4, -0.2) is 12.2 Å². The molecule has 1 unspecified atom stereocenters. The van der Waals surface area contributed by atoms with Crippen LogP contribution < -0.4 is 0 Å². The van der Waals surface area contributed by atoms with Crippen LogP contribution in [0.4, 0.5) is 0 Å². The summed E-state index contributed by atoms with van der Waals surface area (Å²) in [5.41, 5.74) is 1.67. The monoisotopic (exact) mass is 274 g/mol. The van der Waals surface area contributed by atoms with E-state index in [1.165, 1.54) is 70.6 Å². The molecule has 5 rings (SSSR count). The number of rotatable bonds is 0. The molecule has 0 N–H and O–H groups in total. The Morgan fingerprint density at radius 1 is 0.800 bits per heavy atom. The van der Waals surface area contributed by atoms with Gasteiger partial charge >= 0.3 is 0 Å². The van der Waals surface area contributed by atoms with E-state index < -0.39 is 0 Å². The summed E-state index contributed by atoms with van der Waals surface area (Å²) in [6, 6.07) is 0. The summed E-state index contributed by atoms with van der Waals surface area (Å²) in [6.07, 6.45) is 16.4. The van der Waals surface area contributed by atoms with Crippen molar-refractivity contribution < 1.29 is 4.74 Å². The van der Waals surface area contributed by atoms with Gasteiger partial charge in [-0.1, -0.05) is 26.2 Å². The lowest BCUT2D eigenvalue weighted by Crippen LogP contribution is -2.75. The van der Waals surface area contributed by atoms with Gasteiger partial charge in [-0.2, -0.15) is 0 Å². The molecule has 1 saturated heterocycles. The van der Waals surface area contributed by atoms with E-state index in [4.69, 9.17) is 4.74 Å². The van der Waals surface area contributed by atoms with Gasteiger partial charge in [-0.3, -0.25) is 0 Å². The van der Waals surface area contributed by atoms with Gasteiger partial charge in [-0.25, -0.2) is 0 Å². The molecule has 0 radical (unpaired) electrons. The zero-order chi connectivity index (χ0) is 13.4. The quantitative estimate of drug-likeness (QED) is 0.608. The Hall–Kier alpha value is -0.0400. The third-order valence-corrected chi connectivity index (χ3v) is 8.77. The Morgan fingerprint density at radius 2 is 1.75 bits per heavy atom. The summed E-state index contributed by atoms with van der Waals surface area (Å²) in [4.78, 5) is 0. The summed E-state index contributed by atoms with van der Waals surface area (Å²) in [6.45, 7) is 3.73. The number of fused-ring (bicyclic) bond motifs is 2. The van der Waals surface area contributed by atoms with E-state index in [9.17, 15) is 0 Å². The maximum Gasteiger partial charge on any atom is 0.0794 e. The first-order valence-corrected chi connectivity index (χ1v) is 9.34. The Bertz CT molecular complexity index is 431. The third kappa shape index (κ3) is 1.22. The van der Waals surface area contributed by atoms with Crippen LogP contribution in [0, 0.1) is 28.6 Å². The standard InChI is InChI=1S/C19H30O/c1-17-9-4-6-15(17)16-8-7-14-5-2-3-10-18(14)13-20-19(16,18)12-11-17/h14-16H,2-13H2,1H3/t14?,15-,16-,17-,18+,19+/m0/s1. The zero-order valence-corrected chi connectivity index (χ0v) is 13.1. The van der Waals surface area contributed by atoms with Crippen molar-refractivity contribution in [1.82, 2.24) is 0 Å². The van der Waals surface area contributed by atoms with Gasteiger partial charge in [0.15, 0.2) is 0 Å². The summed E-state index contributed by atoms with van der Waals surface area (Å²) < 4.78 is 6.54. The maximum atomic E-state index is 6.54. The average molecular weight is 274 g/mol. The lowest BCUT2D eigenvalue weighted by molar-refractivity contribution is -0.362. The van der Waals surface area contributed by atoms with Crippen LogP contribution in [0.3, 0.4) is 0 Å². The molecule has 4 aliphatic carbocycles. The second kappa shape index (κ2) is 3.83. The number of ether oxygens (including phenoxy) is 1. The van der Waals surface area contributed by atoms with Gasteiger partial charge in [0.25, 0.3) is 0 Å². The first kappa shape index (κ1) is 12.5. The van der Waals surface area contributed by atoms with E-state index in [2.05, 4.69) is 6.92 Å². The normalized spacial score (nSPS) is 60.8. The minimum atomic E-state index is 0.352. The predicted octanol–water partition coefficient (Wildman–Crippen LogP) is 4.94. The molecular formula is C19H30O. The van der Waals surface area contributed by atoms with E-state index in [1.807, 2.05) is 0 Å². The Balaban J connectivity index is 1.56. The third-order valence-electron chi connectivity index (χ3n) is 8.77. The van der Waals surface area contributed by atoms with Gasteiger partial charge in [0.05, 0.1) is 12.2 Å². The summed E-state index contributed by atoms with van der Waals surface area (Å²) in [5.74, 6) is 2.94. The molecule has 1 heteroatoms. The maximum absolute atomic E-state index is 6.54. The van der Waals surface area contributed by atoms with Crippen molar-refractivity contribution in [1.29, 1.82) is 0 Å². The number of hydrogen-bond donors (Lipinski definition) is 0. The lowest BCUT2D eigenvalue weighted by Gasteiger charge is -2.73. The Kier molecular flexibility index (Phi) is 2.39. The predicted molar refractivity (Wildman–Crippen MR) is 80.5 cm³/mol. The van der Waals surface area contributed by atoms with Crippen molar-refractivity contribution in [3.8, 4) is 0 Å². The fourth-order valence-corrected chi connectivity index (χ4v) is 7.77. The molecule has 4 saturated carbocycles. The second-order valence-corrected chi connectivity index (χ2v) is 9.11. The van der Waals surface area contributed by atoms with E-state index in [0.717, 1.165) is 24.4 Å². The van der Waals surface area contributed by atoms with E-state index in [-0.39, 0.29) is 0 Å². The van der Waals surface area contributed by atoms with E-state index >= 15 is 0 Å². The van der Waals surface area contributed by atoms with Crippen LogP contribution >= 0.6 is 0 Å². The van der Waals surface area contributed by atoms with Crippen molar-refractivity contribution in [2.75, 3.05) is 6.61 Å². The molecule has 1 heterocycles. The van der Waals surface area contributed by atoms with Crippen LogP contribution in [-0.2, 0) is 4.74 Å².